The van der Waals surface area contributed by atoms with Gasteiger partial charge in [-0.1, -0.05) is 44.7 Å². The van der Waals surface area contributed by atoms with Crippen LogP contribution in [0.3, 0.4) is 0 Å². The van der Waals surface area contributed by atoms with Crippen molar-refractivity contribution in [2.24, 2.45) is 5.92 Å². The maximum atomic E-state index is 13.2. The zero-order valence-electron chi connectivity index (χ0n) is 24.5. The number of nitrogens with one attached hydrogen (secondary N) is 2. The molecule has 0 bridgehead atoms. The van der Waals surface area contributed by atoms with Gasteiger partial charge in [-0.2, -0.15) is 0 Å². The van der Waals surface area contributed by atoms with E-state index in [9.17, 15) is 13.2 Å². The number of ether oxygens (including phenoxy) is 1. The molecule has 0 radical (unpaired) electrons. The average Bonchev–Trinajstić information content (AvgIpc) is 2.94. The predicted molar refractivity (Wildman–Crippen MR) is 169 cm³/mol. The summed E-state index contributed by atoms with van der Waals surface area (Å²) >= 11 is 0. The van der Waals surface area contributed by atoms with Crippen molar-refractivity contribution in [2.75, 3.05) is 37.2 Å². The summed E-state index contributed by atoms with van der Waals surface area (Å²) in [5.74, 6) is 2.02. The van der Waals surface area contributed by atoms with Crippen molar-refractivity contribution in [3.05, 3.63) is 54.1 Å². The second kappa shape index (κ2) is 16.2. The van der Waals surface area contributed by atoms with Crippen LogP contribution in [-0.2, 0) is 16.6 Å². The number of hydrogen-bond acceptors (Lipinski definition) is 5. The maximum Gasteiger partial charge on any atom is 0.317 e. The fourth-order valence-electron chi connectivity index (χ4n) is 5.77. The zero-order valence-corrected chi connectivity index (χ0v) is 26.1. The Hall–Kier alpha value is -2.49. The van der Waals surface area contributed by atoms with Crippen LogP contribution in [0.1, 0.15) is 70.3 Å². The number of sulfonamides is 1. The number of unbranched alkanes of at least 4 members (excludes halogenated alkanes) is 1. The van der Waals surface area contributed by atoms with Gasteiger partial charge in [0.15, 0.2) is 0 Å². The molecule has 2 fully saturated rings. The first-order valence-corrected chi connectivity index (χ1v) is 16.8. The molecule has 228 valence electrons. The summed E-state index contributed by atoms with van der Waals surface area (Å²) in [5, 5.41) is 3.19. The Morgan fingerprint density at radius 2 is 1.56 bits per heavy atom. The standard InChI is InChI=1S/C31H46N4O4S.ClH/c1-3-4-20-32-31(36)35(24-25-8-6-5-7-9-25)28-18-21-34(22-19-28)23-26-10-14-29(15-11-26)39-30-16-12-27(13-17-30)33-40(2,37)38;/h10-17,25,28,33H,3-9,18-24H2,1-2H3,(H,32,36);1H. The minimum atomic E-state index is -3.30. The van der Waals surface area contributed by atoms with Gasteiger partial charge >= 0.3 is 6.03 Å². The van der Waals surface area contributed by atoms with E-state index in [2.05, 4.69) is 38.9 Å². The van der Waals surface area contributed by atoms with Crippen LogP contribution >= 0.6 is 12.4 Å². The molecular formula is C31H47ClN4O4S. The lowest BCUT2D eigenvalue weighted by molar-refractivity contribution is 0.102. The van der Waals surface area contributed by atoms with Gasteiger partial charge in [0.25, 0.3) is 0 Å². The topological polar surface area (TPSA) is 91.0 Å². The number of amides is 2. The van der Waals surface area contributed by atoms with E-state index in [1.165, 1.54) is 37.7 Å². The minimum Gasteiger partial charge on any atom is -0.457 e. The number of hydrogen-bond donors (Lipinski definition) is 2. The van der Waals surface area contributed by atoms with Crippen molar-refractivity contribution < 1.29 is 17.9 Å². The quantitative estimate of drug-likeness (QED) is 0.265. The van der Waals surface area contributed by atoms with Crippen LogP contribution in [0.15, 0.2) is 48.5 Å². The van der Waals surface area contributed by atoms with Crippen molar-refractivity contribution in [3.8, 4) is 11.5 Å². The summed E-state index contributed by atoms with van der Waals surface area (Å²) in [6.45, 7) is 6.68. The molecule has 2 aromatic rings. The second-order valence-corrected chi connectivity index (χ2v) is 13.1. The number of rotatable bonds is 12. The van der Waals surface area contributed by atoms with Gasteiger partial charge in [-0.25, -0.2) is 13.2 Å². The molecule has 2 aliphatic rings. The van der Waals surface area contributed by atoms with Gasteiger partial charge in [0.1, 0.15) is 11.5 Å². The molecule has 2 amide bonds. The third-order valence-corrected chi connectivity index (χ3v) is 8.57. The van der Waals surface area contributed by atoms with E-state index in [-0.39, 0.29) is 18.4 Å². The molecule has 0 spiro atoms. The fraction of sp³-hybridized carbons (Fsp3) is 0.581. The Labute approximate surface area is 252 Å². The molecule has 10 heteroatoms. The number of nitrogens with zero attached hydrogens (tertiary/aromatic N) is 2. The van der Waals surface area contributed by atoms with Crippen LogP contribution in [0.5, 0.6) is 11.5 Å². The van der Waals surface area contributed by atoms with E-state index in [0.29, 0.717) is 23.4 Å². The van der Waals surface area contributed by atoms with E-state index in [1.807, 2.05) is 12.1 Å². The lowest BCUT2D eigenvalue weighted by Gasteiger charge is -2.40. The lowest BCUT2D eigenvalue weighted by Crippen LogP contribution is -2.52. The Bertz CT molecular complexity index is 1160. The molecule has 0 aromatic heterocycles. The molecule has 41 heavy (non-hydrogen) atoms. The number of anilines is 1. The van der Waals surface area contributed by atoms with Crippen LogP contribution in [0.25, 0.3) is 0 Å². The number of likely N-dealkylation sites (tertiary alicyclic amines) is 1. The third-order valence-electron chi connectivity index (χ3n) is 7.97. The fourth-order valence-corrected chi connectivity index (χ4v) is 6.33. The van der Waals surface area contributed by atoms with Crippen LogP contribution in [0.2, 0.25) is 0 Å². The number of piperidine rings is 1. The summed E-state index contributed by atoms with van der Waals surface area (Å²) in [6, 6.07) is 15.4. The molecule has 8 nitrogen and oxygen atoms in total. The van der Waals surface area contributed by atoms with Gasteiger partial charge in [-0.3, -0.25) is 9.62 Å². The van der Waals surface area contributed by atoms with E-state index in [0.717, 1.165) is 70.4 Å². The van der Waals surface area contributed by atoms with Crippen molar-refractivity contribution >= 4 is 34.1 Å². The smallest absolute Gasteiger partial charge is 0.317 e. The monoisotopic (exact) mass is 606 g/mol. The highest BCUT2D eigenvalue weighted by molar-refractivity contribution is 7.92. The molecule has 1 saturated carbocycles. The van der Waals surface area contributed by atoms with E-state index < -0.39 is 10.0 Å². The van der Waals surface area contributed by atoms with Crippen molar-refractivity contribution in [2.45, 2.75) is 77.3 Å². The SMILES string of the molecule is CCCCNC(=O)N(CC1CCCCC1)C1CCN(Cc2ccc(Oc3ccc(NS(C)(=O)=O)cc3)cc2)CC1.Cl. The third kappa shape index (κ3) is 11.0. The van der Waals surface area contributed by atoms with Crippen LogP contribution < -0.4 is 14.8 Å². The molecule has 1 saturated heterocycles. The molecule has 1 aliphatic heterocycles. The molecular weight excluding hydrogens is 560 g/mol. The van der Waals surface area contributed by atoms with Gasteiger partial charge in [0.05, 0.1) is 6.26 Å². The highest BCUT2D eigenvalue weighted by Crippen LogP contribution is 2.28. The molecule has 1 heterocycles. The second-order valence-electron chi connectivity index (χ2n) is 11.4. The van der Waals surface area contributed by atoms with E-state index >= 15 is 0 Å². The Morgan fingerprint density at radius 3 is 2.15 bits per heavy atom. The normalized spacial score (nSPS) is 16.9. The summed E-state index contributed by atoms with van der Waals surface area (Å²) in [6.07, 6.45) is 11.7. The molecule has 0 unspecified atom stereocenters. The van der Waals surface area contributed by atoms with Gasteiger partial charge in [-0.05, 0) is 80.0 Å². The summed E-state index contributed by atoms with van der Waals surface area (Å²) in [7, 11) is -3.30. The minimum absolute atomic E-state index is 0. The number of carbonyl (C=O) groups excluding carboxylic acids is 1. The highest BCUT2D eigenvalue weighted by Gasteiger charge is 2.30. The maximum absolute atomic E-state index is 13.2. The Balaban J connectivity index is 0.00000462. The summed E-state index contributed by atoms with van der Waals surface area (Å²) < 4.78 is 31.1. The molecule has 0 atom stereocenters. The van der Waals surface area contributed by atoms with Gasteiger partial charge in [0.2, 0.25) is 10.0 Å². The molecule has 1 aliphatic carbocycles. The van der Waals surface area contributed by atoms with Crippen LogP contribution in [-0.4, -0.2) is 62.7 Å². The number of halogens is 1. The first kappa shape index (κ1) is 33.0. The van der Waals surface area contributed by atoms with Gasteiger partial charge < -0.3 is 15.0 Å². The highest BCUT2D eigenvalue weighted by atomic mass is 35.5. The van der Waals surface area contributed by atoms with Crippen molar-refractivity contribution in [1.29, 1.82) is 0 Å². The van der Waals surface area contributed by atoms with Crippen molar-refractivity contribution in [1.82, 2.24) is 15.1 Å². The number of benzene rings is 2. The largest absolute Gasteiger partial charge is 0.457 e. The lowest BCUT2D eigenvalue weighted by atomic mass is 9.88. The van der Waals surface area contributed by atoms with Gasteiger partial charge in [0, 0.05) is 44.5 Å². The Kier molecular flexibility index (Phi) is 13.1. The Morgan fingerprint density at radius 1 is 0.951 bits per heavy atom. The molecule has 4 rings (SSSR count). The van der Waals surface area contributed by atoms with E-state index in [4.69, 9.17) is 4.74 Å². The molecule has 2 N–H and O–H groups in total. The first-order valence-electron chi connectivity index (χ1n) is 14.9. The number of carbonyl (C=O) groups is 1. The van der Waals surface area contributed by atoms with Crippen LogP contribution in [0, 0.1) is 5.92 Å². The number of urea groups is 1. The average molecular weight is 607 g/mol. The first-order chi connectivity index (χ1) is 19.3. The predicted octanol–water partition coefficient (Wildman–Crippen LogP) is 6.63. The zero-order chi connectivity index (χ0) is 28.4. The van der Waals surface area contributed by atoms with Crippen molar-refractivity contribution in [3.63, 3.8) is 0 Å². The summed E-state index contributed by atoms with van der Waals surface area (Å²) in [5.41, 5.74) is 1.73. The van der Waals surface area contributed by atoms with Gasteiger partial charge in [-0.15, -0.1) is 12.4 Å². The molecule has 2 aromatic carbocycles. The van der Waals surface area contributed by atoms with E-state index in [1.54, 1.807) is 24.3 Å². The van der Waals surface area contributed by atoms with Crippen LogP contribution in [0.4, 0.5) is 10.5 Å². The summed E-state index contributed by atoms with van der Waals surface area (Å²) in [4.78, 5) is 17.8.